The summed E-state index contributed by atoms with van der Waals surface area (Å²) in [6.07, 6.45) is 1.35. The molecule has 1 atom stereocenters. The Labute approximate surface area is 166 Å². The van der Waals surface area contributed by atoms with E-state index in [1.165, 1.54) is 4.31 Å². The van der Waals surface area contributed by atoms with Crippen LogP contribution in [0.3, 0.4) is 0 Å². The molecule has 2 aromatic carbocycles. The van der Waals surface area contributed by atoms with Gasteiger partial charge in [0.2, 0.25) is 15.9 Å². The van der Waals surface area contributed by atoms with Crippen LogP contribution in [0.1, 0.15) is 25.3 Å². The molecule has 0 radical (unpaired) electrons. The molecule has 0 spiro atoms. The van der Waals surface area contributed by atoms with Crippen molar-refractivity contribution in [1.29, 1.82) is 0 Å². The van der Waals surface area contributed by atoms with Crippen molar-refractivity contribution in [2.45, 2.75) is 31.2 Å². The van der Waals surface area contributed by atoms with Crippen molar-refractivity contribution in [3.8, 4) is 5.75 Å². The monoisotopic (exact) mass is 402 g/mol. The Kier molecular flexibility index (Phi) is 6.70. The smallest absolute Gasteiger partial charge is 0.243 e. The molecule has 1 aliphatic rings. The van der Waals surface area contributed by atoms with E-state index in [0.717, 1.165) is 11.3 Å². The first-order valence-electron chi connectivity index (χ1n) is 9.56. The van der Waals surface area contributed by atoms with Crippen LogP contribution in [0.2, 0.25) is 0 Å². The van der Waals surface area contributed by atoms with Gasteiger partial charge in [0.15, 0.2) is 0 Å². The molecule has 0 aliphatic carbocycles. The van der Waals surface area contributed by atoms with Crippen LogP contribution in [0.25, 0.3) is 0 Å². The highest BCUT2D eigenvalue weighted by molar-refractivity contribution is 7.89. The summed E-state index contributed by atoms with van der Waals surface area (Å²) in [5.74, 6) is 0.271. The molecule has 0 aromatic heterocycles. The first kappa shape index (κ1) is 20.4. The van der Waals surface area contributed by atoms with E-state index in [0.29, 0.717) is 32.5 Å². The van der Waals surface area contributed by atoms with Gasteiger partial charge in [-0.25, -0.2) is 8.42 Å². The predicted octanol–water partition coefficient (Wildman–Crippen LogP) is 2.80. The maximum Gasteiger partial charge on any atom is 0.243 e. The number of ether oxygens (including phenoxy) is 1. The van der Waals surface area contributed by atoms with E-state index in [-0.39, 0.29) is 23.3 Å². The van der Waals surface area contributed by atoms with E-state index in [1.54, 1.807) is 30.3 Å². The quantitative estimate of drug-likeness (QED) is 0.773. The van der Waals surface area contributed by atoms with Crippen molar-refractivity contribution >= 4 is 15.9 Å². The molecule has 6 nitrogen and oxygen atoms in total. The number of hydrogen-bond donors (Lipinski definition) is 1. The molecule has 7 heteroatoms. The first-order chi connectivity index (χ1) is 13.5. The third-order valence-electron chi connectivity index (χ3n) is 4.86. The van der Waals surface area contributed by atoms with Gasteiger partial charge in [-0.1, -0.05) is 36.4 Å². The second-order valence-electron chi connectivity index (χ2n) is 6.77. The van der Waals surface area contributed by atoms with Crippen LogP contribution >= 0.6 is 0 Å². The molecule has 1 fully saturated rings. The van der Waals surface area contributed by atoms with Crippen LogP contribution in [0.5, 0.6) is 5.75 Å². The minimum absolute atomic E-state index is 0.126. The Morgan fingerprint density at radius 3 is 2.61 bits per heavy atom. The molecule has 150 valence electrons. The minimum atomic E-state index is -3.58. The average molecular weight is 403 g/mol. The molecular weight excluding hydrogens is 376 g/mol. The van der Waals surface area contributed by atoms with Crippen LogP contribution < -0.4 is 10.1 Å². The Morgan fingerprint density at radius 2 is 1.86 bits per heavy atom. The fourth-order valence-electron chi connectivity index (χ4n) is 3.39. The van der Waals surface area contributed by atoms with Crippen LogP contribution in [0.4, 0.5) is 0 Å². The van der Waals surface area contributed by atoms with Crippen molar-refractivity contribution in [2.24, 2.45) is 5.92 Å². The lowest BCUT2D eigenvalue weighted by molar-refractivity contribution is -0.126. The first-order valence-corrected chi connectivity index (χ1v) is 11.0. The Hall–Kier alpha value is -2.38. The number of benzene rings is 2. The lowest BCUT2D eigenvalue weighted by Crippen LogP contribution is -2.45. The Bertz CT molecular complexity index is 900. The summed E-state index contributed by atoms with van der Waals surface area (Å²) in [6, 6.07) is 16.0. The molecule has 28 heavy (non-hydrogen) atoms. The molecule has 1 amide bonds. The summed E-state index contributed by atoms with van der Waals surface area (Å²) < 4.78 is 32.7. The second kappa shape index (κ2) is 9.21. The van der Waals surface area contributed by atoms with Crippen LogP contribution in [-0.2, 0) is 21.4 Å². The number of carbonyl (C=O) groups is 1. The molecule has 0 unspecified atom stereocenters. The van der Waals surface area contributed by atoms with Gasteiger partial charge in [-0.05, 0) is 38.0 Å². The van der Waals surface area contributed by atoms with E-state index >= 15 is 0 Å². The van der Waals surface area contributed by atoms with Gasteiger partial charge in [-0.15, -0.1) is 0 Å². The largest absolute Gasteiger partial charge is 0.494 e. The van der Waals surface area contributed by atoms with Crippen molar-refractivity contribution in [3.63, 3.8) is 0 Å². The highest BCUT2D eigenvalue weighted by atomic mass is 32.2. The highest BCUT2D eigenvalue weighted by Crippen LogP contribution is 2.24. The summed E-state index contributed by atoms with van der Waals surface area (Å²) in [4.78, 5) is 12.9. The fraction of sp³-hybridized carbons (Fsp3) is 0.381. The van der Waals surface area contributed by atoms with Gasteiger partial charge in [0.1, 0.15) is 5.75 Å². The summed E-state index contributed by atoms with van der Waals surface area (Å²) in [5, 5.41) is 2.94. The number of para-hydroxylation sites is 1. The second-order valence-corrected chi connectivity index (χ2v) is 8.71. The van der Waals surface area contributed by atoms with Crippen molar-refractivity contribution in [3.05, 3.63) is 60.2 Å². The SMILES string of the molecule is CCOc1ccccc1CNC(=O)[C@@H]1CCCN(S(=O)(=O)c2ccccc2)C1. The molecule has 1 N–H and O–H groups in total. The summed E-state index contributed by atoms with van der Waals surface area (Å²) >= 11 is 0. The summed E-state index contributed by atoms with van der Waals surface area (Å²) in [7, 11) is -3.58. The number of amides is 1. The molecule has 0 saturated carbocycles. The van der Waals surface area contributed by atoms with E-state index in [9.17, 15) is 13.2 Å². The number of sulfonamides is 1. The third-order valence-corrected chi connectivity index (χ3v) is 6.74. The normalized spacial score (nSPS) is 17.8. The average Bonchev–Trinajstić information content (AvgIpc) is 2.74. The van der Waals surface area contributed by atoms with Crippen molar-refractivity contribution < 1.29 is 17.9 Å². The fourth-order valence-corrected chi connectivity index (χ4v) is 4.93. The van der Waals surface area contributed by atoms with Gasteiger partial charge >= 0.3 is 0 Å². The molecule has 1 aliphatic heterocycles. The lowest BCUT2D eigenvalue weighted by Gasteiger charge is -2.31. The van der Waals surface area contributed by atoms with E-state index in [1.807, 2.05) is 31.2 Å². The van der Waals surface area contributed by atoms with Crippen molar-refractivity contribution in [1.82, 2.24) is 9.62 Å². The van der Waals surface area contributed by atoms with Crippen LogP contribution in [0, 0.1) is 5.92 Å². The molecule has 0 bridgehead atoms. The number of rotatable bonds is 7. The van der Waals surface area contributed by atoms with Crippen molar-refractivity contribution in [2.75, 3.05) is 19.7 Å². The number of carbonyl (C=O) groups excluding carboxylic acids is 1. The number of hydrogen-bond acceptors (Lipinski definition) is 4. The Balaban J connectivity index is 1.64. The topological polar surface area (TPSA) is 75.7 Å². The summed E-state index contributed by atoms with van der Waals surface area (Å²) in [6.45, 7) is 3.47. The number of piperidine rings is 1. The van der Waals surface area contributed by atoms with Gasteiger partial charge < -0.3 is 10.1 Å². The van der Waals surface area contributed by atoms with Gasteiger partial charge in [0, 0.05) is 25.2 Å². The number of nitrogens with one attached hydrogen (secondary N) is 1. The zero-order valence-electron chi connectivity index (χ0n) is 16.0. The molecule has 2 aromatic rings. The minimum Gasteiger partial charge on any atom is -0.494 e. The number of nitrogens with zero attached hydrogens (tertiary/aromatic N) is 1. The van der Waals surface area contributed by atoms with E-state index < -0.39 is 10.0 Å². The molecule has 1 heterocycles. The standard InChI is InChI=1S/C21H26N2O4S/c1-2-27-20-13-7-6-9-17(20)15-22-21(24)18-10-8-14-23(16-18)28(25,26)19-11-4-3-5-12-19/h3-7,9,11-13,18H,2,8,10,14-16H2,1H3,(H,22,24)/t18-/m1/s1. The molecular formula is C21H26N2O4S. The Morgan fingerprint density at radius 1 is 1.14 bits per heavy atom. The van der Waals surface area contributed by atoms with Gasteiger partial charge in [0.25, 0.3) is 0 Å². The van der Waals surface area contributed by atoms with Crippen LogP contribution in [0.15, 0.2) is 59.5 Å². The van der Waals surface area contributed by atoms with Gasteiger partial charge in [0.05, 0.1) is 17.4 Å². The lowest BCUT2D eigenvalue weighted by atomic mass is 9.98. The molecule has 3 rings (SSSR count). The zero-order chi connectivity index (χ0) is 20.0. The zero-order valence-corrected chi connectivity index (χ0v) is 16.8. The summed E-state index contributed by atoms with van der Waals surface area (Å²) in [5.41, 5.74) is 0.905. The predicted molar refractivity (Wildman–Crippen MR) is 107 cm³/mol. The van der Waals surface area contributed by atoms with Gasteiger partial charge in [-0.2, -0.15) is 4.31 Å². The van der Waals surface area contributed by atoms with E-state index in [4.69, 9.17) is 4.74 Å². The maximum absolute atomic E-state index is 12.8. The van der Waals surface area contributed by atoms with Gasteiger partial charge in [-0.3, -0.25) is 4.79 Å². The molecule has 1 saturated heterocycles. The highest BCUT2D eigenvalue weighted by Gasteiger charge is 2.33. The van der Waals surface area contributed by atoms with Crippen LogP contribution in [-0.4, -0.2) is 38.3 Å². The van der Waals surface area contributed by atoms with E-state index in [2.05, 4.69) is 5.32 Å². The maximum atomic E-state index is 12.8. The third kappa shape index (κ3) is 4.72.